The lowest BCUT2D eigenvalue weighted by Crippen LogP contribution is -2.10. The van der Waals surface area contributed by atoms with Gasteiger partial charge in [0.2, 0.25) is 0 Å². The zero-order valence-electron chi connectivity index (χ0n) is 26.8. The lowest BCUT2D eigenvalue weighted by molar-refractivity contribution is 0.608. The minimum absolute atomic E-state index is 0.531. The van der Waals surface area contributed by atoms with Crippen LogP contribution in [0.1, 0.15) is 17.5 Å². The van der Waals surface area contributed by atoms with E-state index in [1.165, 1.54) is 38.5 Å². The molecule has 1 aliphatic rings. The molecular weight excluding hydrogens is 599 g/mol. The van der Waals surface area contributed by atoms with Crippen molar-refractivity contribution >= 4 is 67.1 Å². The number of hydrogen-bond donors (Lipinski definition) is 0. The van der Waals surface area contributed by atoms with Crippen LogP contribution in [0.3, 0.4) is 0 Å². The predicted molar refractivity (Wildman–Crippen MR) is 203 cm³/mol. The predicted octanol–water partition coefficient (Wildman–Crippen LogP) is 12.2. The molecule has 4 heteroatoms. The molecule has 0 saturated carbocycles. The minimum Gasteiger partial charge on any atom is -0.423 e. The van der Waals surface area contributed by atoms with Gasteiger partial charge < -0.3 is 8.98 Å². The fourth-order valence-corrected chi connectivity index (χ4v) is 7.61. The first-order valence-electron chi connectivity index (χ1n) is 16.9. The monoisotopic (exact) mass is 629 g/mol. The van der Waals surface area contributed by atoms with Gasteiger partial charge in [0.1, 0.15) is 5.52 Å². The van der Waals surface area contributed by atoms with E-state index >= 15 is 0 Å². The van der Waals surface area contributed by atoms with E-state index in [0.717, 1.165) is 57.3 Å². The first kappa shape index (κ1) is 27.7. The van der Waals surface area contributed by atoms with Crippen LogP contribution in [-0.2, 0) is 6.42 Å². The number of para-hydroxylation sites is 2. The Kier molecular flexibility index (Phi) is 6.28. The van der Waals surface area contributed by atoms with Crippen LogP contribution in [0.25, 0.3) is 66.6 Å². The van der Waals surface area contributed by atoms with Crippen molar-refractivity contribution < 1.29 is 4.42 Å². The highest BCUT2D eigenvalue weighted by molar-refractivity contribution is 6.10. The van der Waals surface area contributed by atoms with E-state index in [1.807, 2.05) is 6.07 Å². The third-order valence-electron chi connectivity index (χ3n) is 9.90. The van der Waals surface area contributed by atoms with Crippen molar-refractivity contribution in [3.05, 3.63) is 169 Å². The van der Waals surface area contributed by atoms with Gasteiger partial charge in [0.05, 0.1) is 22.4 Å². The minimum atomic E-state index is 0.531. The van der Waals surface area contributed by atoms with Gasteiger partial charge in [-0.3, -0.25) is 4.90 Å². The molecule has 0 aliphatic heterocycles. The molecule has 2 aromatic heterocycles. The molecule has 0 saturated heterocycles. The second kappa shape index (κ2) is 11.1. The summed E-state index contributed by atoms with van der Waals surface area (Å²) in [4.78, 5) is 7.33. The maximum Gasteiger partial charge on any atom is 0.307 e. The zero-order chi connectivity index (χ0) is 32.3. The molecule has 9 aromatic rings. The third-order valence-corrected chi connectivity index (χ3v) is 9.90. The first-order chi connectivity index (χ1) is 24.3. The van der Waals surface area contributed by atoms with Gasteiger partial charge in [0, 0.05) is 21.8 Å². The summed E-state index contributed by atoms with van der Waals surface area (Å²) >= 11 is 0. The van der Waals surface area contributed by atoms with Crippen LogP contribution < -0.4 is 4.90 Å². The van der Waals surface area contributed by atoms with Crippen LogP contribution in [0, 0.1) is 0 Å². The van der Waals surface area contributed by atoms with Crippen LogP contribution in [0.4, 0.5) is 17.4 Å². The molecule has 7 aromatic carbocycles. The van der Waals surface area contributed by atoms with Gasteiger partial charge >= 0.3 is 6.01 Å². The van der Waals surface area contributed by atoms with Gasteiger partial charge in [0.25, 0.3) is 0 Å². The second-order valence-electron chi connectivity index (χ2n) is 12.7. The van der Waals surface area contributed by atoms with Crippen LogP contribution in [0.2, 0.25) is 0 Å². The summed E-state index contributed by atoms with van der Waals surface area (Å²) in [7, 11) is 0. The maximum atomic E-state index is 6.62. The van der Waals surface area contributed by atoms with Crippen molar-refractivity contribution in [3.63, 3.8) is 0 Å². The zero-order valence-corrected chi connectivity index (χ0v) is 26.8. The fraction of sp³-hybridized carbons (Fsp3) is 0.0444. The van der Waals surface area contributed by atoms with Gasteiger partial charge in [-0.1, -0.05) is 115 Å². The standard InChI is InChI=1S/C45H31N3O/c1-2-14-33(15-3-1)48-41-20-9-8-18-39(41)40-27-26-35(29-42(40)48)47(45-46-44-38-17-7-5-12-31(38)23-28-43(44)49-45)34-24-21-32(22-25-34)37-19-10-13-30-11-4-6-16-36(30)37/h1-5,7-15,17-29H,6,16H2. The van der Waals surface area contributed by atoms with E-state index in [2.05, 4.69) is 167 Å². The van der Waals surface area contributed by atoms with Crippen LogP contribution >= 0.6 is 0 Å². The number of allylic oxidation sites excluding steroid dienone is 1. The van der Waals surface area contributed by atoms with Gasteiger partial charge in [-0.05, 0) is 89.0 Å². The molecule has 0 unspecified atom stereocenters. The van der Waals surface area contributed by atoms with Crippen LogP contribution in [-0.4, -0.2) is 9.55 Å². The van der Waals surface area contributed by atoms with E-state index in [-0.39, 0.29) is 0 Å². The molecule has 0 atom stereocenters. The fourth-order valence-electron chi connectivity index (χ4n) is 7.61. The molecule has 1 aliphatic carbocycles. The van der Waals surface area contributed by atoms with Crippen molar-refractivity contribution in [1.82, 2.24) is 9.55 Å². The van der Waals surface area contributed by atoms with Crippen molar-refractivity contribution in [1.29, 1.82) is 0 Å². The number of anilines is 3. The number of nitrogens with zero attached hydrogens (tertiary/aromatic N) is 3. The van der Waals surface area contributed by atoms with Crippen LogP contribution in [0.5, 0.6) is 0 Å². The van der Waals surface area contributed by atoms with Gasteiger partial charge in [-0.2, -0.15) is 4.98 Å². The van der Waals surface area contributed by atoms with E-state index < -0.39 is 0 Å². The van der Waals surface area contributed by atoms with Crippen molar-refractivity contribution in [2.24, 2.45) is 0 Å². The largest absolute Gasteiger partial charge is 0.423 e. The van der Waals surface area contributed by atoms with Gasteiger partial charge in [-0.15, -0.1) is 0 Å². The highest BCUT2D eigenvalue weighted by Gasteiger charge is 2.22. The summed E-state index contributed by atoms with van der Waals surface area (Å²) in [6.07, 6.45) is 6.65. The number of hydrogen-bond acceptors (Lipinski definition) is 3. The third kappa shape index (κ3) is 4.49. The van der Waals surface area contributed by atoms with Crippen LogP contribution in [0.15, 0.2) is 162 Å². The molecule has 2 heterocycles. The highest BCUT2D eigenvalue weighted by atomic mass is 16.4. The molecule has 0 spiro atoms. The van der Waals surface area contributed by atoms with E-state index in [9.17, 15) is 0 Å². The Morgan fingerprint density at radius 3 is 2.29 bits per heavy atom. The Morgan fingerprint density at radius 2 is 1.39 bits per heavy atom. The Hall–Kier alpha value is -6.39. The smallest absolute Gasteiger partial charge is 0.307 e. The molecule has 232 valence electrons. The SMILES string of the molecule is C1=Cc2cccc(-c3ccc(N(c4ccc5c6ccccc6n(-c6ccccc6)c5c4)c4nc5c(ccc6ccccc65)o4)cc3)c2CC1. The van der Waals surface area contributed by atoms with Crippen molar-refractivity contribution in [2.45, 2.75) is 12.8 Å². The number of benzene rings is 7. The molecule has 4 nitrogen and oxygen atoms in total. The molecule has 0 N–H and O–H groups in total. The molecule has 49 heavy (non-hydrogen) atoms. The topological polar surface area (TPSA) is 34.2 Å². The van der Waals surface area contributed by atoms with Gasteiger partial charge in [0.15, 0.2) is 5.58 Å². The van der Waals surface area contributed by atoms with Crippen molar-refractivity contribution in [2.75, 3.05) is 4.90 Å². The summed E-state index contributed by atoms with van der Waals surface area (Å²) in [6.45, 7) is 0. The molecule has 0 amide bonds. The number of fused-ring (bicyclic) bond motifs is 7. The first-order valence-corrected chi connectivity index (χ1v) is 16.9. The number of oxazole rings is 1. The second-order valence-corrected chi connectivity index (χ2v) is 12.7. The lowest BCUT2D eigenvalue weighted by atomic mass is 9.89. The summed E-state index contributed by atoms with van der Waals surface area (Å²) in [5.74, 6) is 0. The Balaban J connectivity index is 1.18. The quantitative estimate of drug-likeness (QED) is 0.190. The normalized spacial score (nSPS) is 12.7. The molecule has 0 bridgehead atoms. The molecular formula is C45H31N3O. The molecule has 0 fully saturated rings. The Bertz CT molecular complexity index is 2720. The number of rotatable bonds is 5. The summed E-state index contributed by atoms with van der Waals surface area (Å²) in [6, 6.07) is 54.4. The maximum absolute atomic E-state index is 6.62. The average Bonchev–Trinajstić information content (AvgIpc) is 3.75. The van der Waals surface area contributed by atoms with Crippen molar-refractivity contribution in [3.8, 4) is 16.8 Å². The molecule has 0 radical (unpaired) electrons. The molecule has 10 rings (SSSR count). The van der Waals surface area contributed by atoms with E-state index in [4.69, 9.17) is 9.40 Å². The Labute approximate surface area is 283 Å². The highest BCUT2D eigenvalue weighted by Crippen LogP contribution is 2.42. The number of aromatic nitrogens is 2. The van der Waals surface area contributed by atoms with E-state index in [0.29, 0.717) is 6.01 Å². The summed E-state index contributed by atoms with van der Waals surface area (Å²) in [5, 5.41) is 4.64. The lowest BCUT2D eigenvalue weighted by Gasteiger charge is -2.22. The van der Waals surface area contributed by atoms with Gasteiger partial charge in [-0.25, -0.2) is 0 Å². The summed E-state index contributed by atoms with van der Waals surface area (Å²) < 4.78 is 8.97. The average molecular weight is 630 g/mol. The Morgan fingerprint density at radius 1 is 0.612 bits per heavy atom. The summed E-state index contributed by atoms with van der Waals surface area (Å²) in [5.41, 5.74) is 12.2. The van der Waals surface area contributed by atoms with E-state index in [1.54, 1.807) is 0 Å².